The lowest BCUT2D eigenvalue weighted by atomic mass is 9.97. The van der Waals surface area contributed by atoms with Gasteiger partial charge in [0, 0.05) is 19.7 Å². The lowest BCUT2D eigenvalue weighted by Crippen LogP contribution is -2.39. The minimum atomic E-state index is -0.121. The van der Waals surface area contributed by atoms with E-state index in [1.165, 1.54) is 0 Å². The van der Waals surface area contributed by atoms with Crippen molar-refractivity contribution >= 4 is 5.91 Å². The van der Waals surface area contributed by atoms with Crippen molar-refractivity contribution in [1.29, 1.82) is 0 Å². The van der Waals surface area contributed by atoms with E-state index in [-0.39, 0.29) is 18.3 Å². The molecule has 98 valence electrons. The number of carbonyl (C=O) groups is 1. The summed E-state index contributed by atoms with van der Waals surface area (Å²) in [6.07, 6.45) is 1.66. The van der Waals surface area contributed by atoms with Crippen LogP contribution in [0.3, 0.4) is 0 Å². The Labute approximate surface area is 107 Å². The van der Waals surface area contributed by atoms with Gasteiger partial charge in [0.15, 0.2) is 0 Å². The minimum Gasteiger partial charge on any atom is -0.507 e. The number of phenolic OH excluding ortho intramolecular Hbond substituents is 1. The summed E-state index contributed by atoms with van der Waals surface area (Å²) in [5.74, 6) is 0.230. The van der Waals surface area contributed by atoms with Crippen LogP contribution in [0.5, 0.6) is 5.75 Å². The highest BCUT2D eigenvalue weighted by atomic mass is 16.3. The van der Waals surface area contributed by atoms with Crippen LogP contribution in [0, 0.1) is 12.8 Å². The number of benzene rings is 1. The average Bonchev–Trinajstić information content (AvgIpc) is 2.38. The normalized spacial score (nSPS) is 16.9. The number of aliphatic hydroxyl groups is 1. The van der Waals surface area contributed by atoms with Gasteiger partial charge in [-0.1, -0.05) is 6.07 Å². The maximum atomic E-state index is 12.2. The molecule has 1 amide bonds. The summed E-state index contributed by atoms with van der Waals surface area (Å²) >= 11 is 0. The summed E-state index contributed by atoms with van der Waals surface area (Å²) < 4.78 is 0. The molecule has 0 aromatic heterocycles. The second-order valence-corrected chi connectivity index (χ2v) is 4.94. The van der Waals surface area contributed by atoms with Crippen molar-refractivity contribution in [3.05, 3.63) is 29.3 Å². The molecule has 0 spiro atoms. The van der Waals surface area contributed by atoms with Gasteiger partial charge in [0.2, 0.25) is 0 Å². The molecule has 0 saturated carbocycles. The molecule has 0 atom stereocenters. The predicted octanol–water partition coefficient (Wildman–Crippen LogP) is 1.55. The Balaban J connectivity index is 2.08. The predicted molar refractivity (Wildman–Crippen MR) is 68.6 cm³/mol. The zero-order valence-corrected chi connectivity index (χ0v) is 10.6. The van der Waals surface area contributed by atoms with Crippen molar-refractivity contribution in [2.75, 3.05) is 19.7 Å². The number of phenols is 1. The van der Waals surface area contributed by atoms with Crippen LogP contribution < -0.4 is 0 Å². The highest BCUT2D eigenvalue weighted by Crippen LogP contribution is 2.23. The topological polar surface area (TPSA) is 60.8 Å². The van der Waals surface area contributed by atoms with E-state index in [1.54, 1.807) is 17.0 Å². The highest BCUT2D eigenvalue weighted by Gasteiger charge is 2.24. The van der Waals surface area contributed by atoms with Crippen molar-refractivity contribution in [3.63, 3.8) is 0 Å². The van der Waals surface area contributed by atoms with Gasteiger partial charge >= 0.3 is 0 Å². The molecule has 4 nitrogen and oxygen atoms in total. The Bertz CT molecular complexity index is 437. The Morgan fingerprint density at radius 2 is 2.06 bits per heavy atom. The lowest BCUT2D eigenvalue weighted by molar-refractivity contribution is 0.0648. The van der Waals surface area contributed by atoms with Crippen LogP contribution >= 0.6 is 0 Å². The van der Waals surface area contributed by atoms with E-state index in [2.05, 4.69) is 0 Å². The molecule has 2 rings (SSSR count). The molecule has 0 radical (unpaired) electrons. The molecule has 4 heteroatoms. The van der Waals surface area contributed by atoms with Gasteiger partial charge in [-0.25, -0.2) is 0 Å². The second-order valence-electron chi connectivity index (χ2n) is 4.94. The number of hydrogen-bond donors (Lipinski definition) is 2. The summed E-state index contributed by atoms with van der Waals surface area (Å²) in [5, 5.41) is 18.9. The number of amides is 1. The molecule has 1 heterocycles. The van der Waals surface area contributed by atoms with Crippen molar-refractivity contribution in [3.8, 4) is 5.75 Å². The third-order valence-corrected chi connectivity index (χ3v) is 3.54. The number of hydrogen-bond acceptors (Lipinski definition) is 3. The number of likely N-dealkylation sites (tertiary alicyclic amines) is 1. The molecule has 0 aliphatic carbocycles. The second kappa shape index (κ2) is 5.40. The third-order valence-electron chi connectivity index (χ3n) is 3.54. The van der Waals surface area contributed by atoms with Gasteiger partial charge in [0.1, 0.15) is 5.75 Å². The molecule has 1 fully saturated rings. The molecule has 1 aliphatic rings. The first kappa shape index (κ1) is 12.9. The molecular formula is C14H19NO3. The van der Waals surface area contributed by atoms with E-state index in [0.29, 0.717) is 24.6 Å². The maximum absolute atomic E-state index is 12.2. The molecule has 1 aromatic rings. The fourth-order valence-corrected chi connectivity index (χ4v) is 2.31. The van der Waals surface area contributed by atoms with Crippen LogP contribution in [-0.4, -0.2) is 40.7 Å². The molecule has 1 aliphatic heterocycles. The van der Waals surface area contributed by atoms with Gasteiger partial charge in [0.05, 0.1) is 5.56 Å². The standard InChI is InChI=1S/C14H19NO3/c1-10-2-3-12(13(17)8-10)14(18)15-6-4-11(9-16)5-7-15/h2-3,8,11,16-17H,4-7,9H2,1H3. The first-order chi connectivity index (χ1) is 8.61. The van der Waals surface area contributed by atoms with Crippen LogP contribution in [0.2, 0.25) is 0 Å². The van der Waals surface area contributed by atoms with Crippen LogP contribution in [-0.2, 0) is 0 Å². The monoisotopic (exact) mass is 249 g/mol. The largest absolute Gasteiger partial charge is 0.507 e. The smallest absolute Gasteiger partial charge is 0.257 e. The Morgan fingerprint density at radius 3 is 2.61 bits per heavy atom. The molecule has 18 heavy (non-hydrogen) atoms. The minimum absolute atomic E-state index is 0.0456. The SMILES string of the molecule is Cc1ccc(C(=O)N2CCC(CO)CC2)c(O)c1. The lowest BCUT2D eigenvalue weighted by Gasteiger charge is -2.31. The van der Waals surface area contributed by atoms with Crippen molar-refractivity contribution in [2.24, 2.45) is 5.92 Å². The van der Waals surface area contributed by atoms with E-state index in [4.69, 9.17) is 5.11 Å². The number of carbonyl (C=O) groups excluding carboxylic acids is 1. The van der Waals surface area contributed by atoms with Gasteiger partial charge < -0.3 is 15.1 Å². The van der Waals surface area contributed by atoms with E-state index in [0.717, 1.165) is 18.4 Å². The van der Waals surface area contributed by atoms with Gasteiger partial charge in [-0.3, -0.25) is 4.79 Å². The average molecular weight is 249 g/mol. The van der Waals surface area contributed by atoms with Gasteiger partial charge in [-0.05, 0) is 43.4 Å². The van der Waals surface area contributed by atoms with Crippen molar-refractivity contribution in [1.82, 2.24) is 4.90 Å². The summed E-state index contributed by atoms with van der Waals surface area (Å²) in [5.41, 5.74) is 1.30. The van der Waals surface area contributed by atoms with E-state index < -0.39 is 0 Å². The van der Waals surface area contributed by atoms with Crippen molar-refractivity contribution in [2.45, 2.75) is 19.8 Å². The fraction of sp³-hybridized carbons (Fsp3) is 0.500. The molecule has 0 bridgehead atoms. The van der Waals surface area contributed by atoms with Gasteiger partial charge in [0.25, 0.3) is 5.91 Å². The van der Waals surface area contributed by atoms with Gasteiger partial charge in [-0.2, -0.15) is 0 Å². The van der Waals surface area contributed by atoms with Gasteiger partial charge in [-0.15, -0.1) is 0 Å². The van der Waals surface area contributed by atoms with Crippen LogP contribution in [0.1, 0.15) is 28.8 Å². The molecule has 1 aromatic carbocycles. The van der Waals surface area contributed by atoms with Crippen molar-refractivity contribution < 1.29 is 15.0 Å². The first-order valence-electron chi connectivity index (χ1n) is 6.31. The number of aromatic hydroxyl groups is 1. The number of nitrogens with zero attached hydrogens (tertiary/aromatic N) is 1. The quantitative estimate of drug-likeness (QED) is 0.836. The van der Waals surface area contributed by atoms with E-state index in [9.17, 15) is 9.90 Å². The van der Waals surface area contributed by atoms with Crippen LogP contribution in [0.25, 0.3) is 0 Å². The molecule has 0 unspecified atom stereocenters. The number of aryl methyl sites for hydroxylation is 1. The third kappa shape index (κ3) is 2.64. The van der Waals surface area contributed by atoms with Crippen LogP contribution in [0.15, 0.2) is 18.2 Å². The summed E-state index contributed by atoms with van der Waals surface area (Å²) in [4.78, 5) is 14.0. The maximum Gasteiger partial charge on any atom is 0.257 e. The summed E-state index contributed by atoms with van der Waals surface area (Å²) in [6.45, 7) is 3.37. The Kier molecular flexibility index (Phi) is 3.87. The zero-order chi connectivity index (χ0) is 13.1. The number of rotatable bonds is 2. The Hall–Kier alpha value is -1.55. The zero-order valence-electron chi connectivity index (χ0n) is 10.6. The molecular weight excluding hydrogens is 230 g/mol. The molecule has 1 saturated heterocycles. The molecule has 2 N–H and O–H groups in total. The number of piperidine rings is 1. The van der Waals surface area contributed by atoms with E-state index in [1.807, 2.05) is 13.0 Å². The first-order valence-corrected chi connectivity index (χ1v) is 6.31. The summed E-state index contributed by atoms with van der Waals surface area (Å²) in [7, 11) is 0. The Morgan fingerprint density at radius 1 is 1.39 bits per heavy atom. The number of aliphatic hydroxyl groups excluding tert-OH is 1. The fourth-order valence-electron chi connectivity index (χ4n) is 2.31. The van der Waals surface area contributed by atoms with Crippen LogP contribution in [0.4, 0.5) is 0 Å². The summed E-state index contributed by atoms with van der Waals surface area (Å²) in [6, 6.07) is 5.10. The highest BCUT2D eigenvalue weighted by molar-refractivity contribution is 5.96. The van der Waals surface area contributed by atoms with E-state index >= 15 is 0 Å².